The standard InChI is InChI=1S/C21H27N3O4/c1-15(27-14-16-9-6-5-7-10-16)18(24-20(26)28-21(2,3)4)19(25)23-17-11-8-12-22-13-17/h5-13,15,18H,14H2,1-4H3,(H,23,25)(H,24,26)/t15-,18+/m0/s1. The summed E-state index contributed by atoms with van der Waals surface area (Å²) >= 11 is 0. The second-order valence-corrected chi connectivity index (χ2v) is 7.36. The number of alkyl carbamates (subject to hydrolysis) is 1. The summed E-state index contributed by atoms with van der Waals surface area (Å²) in [7, 11) is 0. The van der Waals surface area contributed by atoms with Crippen LogP contribution in [0.4, 0.5) is 10.5 Å². The summed E-state index contributed by atoms with van der Waals surface area (Å²) in [5.74, 6) is -0.417. The first-order valence-corrected chi connectivity index (χ1v) is 9.10. The van der Waals surface area contributed by atoms with Gasteiger partial charge in [0.15, 0.2) is 0 Å². The van der Waals surface area contributed by atoms with Gasteiger partial charge in [0.1, 0.15) is 11.6 Å². The molecule has 2 rings (SSSR count). The zero-order valence-electron chi connectivity index (χ0n) is 16.6. The zero-order valence-corrected chi connectivity index (χ0v) is 16.6. The number of aromatic nitrogens is 1. The lowest BCUT2D eigenvalue weighted by Gasteiger charge is -2.27. The molecule has 1 aromatic heterocycles. The van der Waals surface area contributed by atoms with Crippen molar-refractivity contribution >= 4 is 17.7 Å². The zero-order chi connectivity index (χ0) is 20.6. The van der Waals surface area contributed by atoms with Crippen molar-refractivity contribution in [2.24, 2.45) is 0 Å². The monoisotopic (exact) mass is 385 g/mol. The van der Waals surface area contributed by atoms with E-state index in [4.69, 9.17) is 9.47 Å². The quantitative estimate of drug-likeness (QED) is 0.761. The third-order valence-electron chi connectivity index (χ3n) is 3.71. The summed E-state index contributed by atoms with van der Waals surface area (Å²) in [5.41, 5.74) is 0.819. The van der Waals surface area contributed by atoms with Crippen LogP contribution in [0.3, 0.4) is 0 Å². The maximum atomic E-state index is 12.8. The summed E-state index contributed by atoms with van der Waals surface area (Å²) in [6.45, 7) is 7.31. The minimum atomic E-state index is -0.946. The average molecular weight is 385 g/mol. The van der Waals surface area contributed by atoms with Gasteiger partial charge < -0.3 is 20.1 Å². The molecule has 1 aromatic carbocycles. The van der Waals surface area contributed by atoms with Crippen molar-refractivity contribution in [1.29, 1.82) is 0 Å². The van der Waals surface area contributed by atoms with Gasteiger partial charge in [-0.2, -0.15) is 0 Å². The van der Waals surface area contributed by atoms with Crippen LogP contribution in [0.25, 0.3) is 0 Å². The van der Waals surface area contributed by atoms with Gasteiger partial charge in [0.25, 0.3) is 0 Å². The fourth-order valence-electron chi connectivity index (χ4n) is 2.39. The van der Waals surface area contributed by atoms with Gasteiger partial charge in [-0.15, -0.1) is 0 Å². The van der Waals surface area contributed by atoms with Crippen LogP contribution in [0.15, 0.2) is 54.9 Å². The largest absolute Gasteiger partial charge is 0.444 e. The van der Waals surface area contributed by atoms with Crippen molar-refractivity contribution in [3.8, 4) is 0 Å². The molecule has 0 saturated carbocycles. The molecule has 0 fully saturated rings. The first-order valence-electron chi connectivity index (χ1n) is 9.10. The van der Waals surface area contributed by atoms with E-state index in [1.54, 1.807) is 46.0 Å². The molecule has 0 aliphatic rings. The number of rotatable bonds is 7. The van der Waals surface area contributed by atoms with E-state index in [1.807, 2.05) is 30.3 Å². The highest BCUT2D eigenvalue weighted by molar-refractivity contribution is 5.96. The highest BCUT2D eigenvalue weighted by Gasteiger charge is 2.30. The molecule has 7 nitrogen and oxygen atoms in total. The van der Waals surface area contributed by atoms with E-state index in [0.717, 1.165) is 5.56 Å². The Bertz CT molecular complexity index is 760. The van der Waals surface area contributed by atoms with Crippen molar-refractivity contribution < 1.29 is 19.1 Å². The van der Waals surface area contributed by atoms with E-state index in [0.29, 0.717) is 12.3 Å². The summed E-state index contributed by atoms with van der Waals surface area (Å²) in [4.78, 5) is 29.0. The minimum absolute atomic E-state index is 0.314. The van der Waals surface area contributed by atoms with Gasteiger partial charge in [-0.05, 0) is 45.4 Å². The molecule has 0 aliphatic heterocycles. The fraction of sp³-hybridized carbons (Fsp3) is 0.381. The van der Waals surface area contributed by atoms with Crippen LogP contribution >= 0.6 is 0 Å². The Morgan fingerprint density at radius 2 is 1.82 bits per heavy atom. The molecule has 0 unspecified atom stereocenters. The second kappa shape index (κ2) is 9.85. The predicted octanol–water partition coefficient (Wildman–Crippen LogP) is 3.52. The molecule has 7 heteroatoms. The minimum Gasteiger partial charge on any atom is -0.444 e. The van der Waals surface area contributed by atoms with Gasteiger partial charge >= 0.3 is 6.09 Å². The number of nitrogens with zero attached hydrogens (tertiary/aromatic N) is 1. The number of anilines is 1. The molecule has 1 heterocycles. The molecule has 0 spiro atoms. The topological polar surface area (TPSA) is 89.5 Å². The van der Waals surface area contributed by atoms with Crippen molar-refractivity contribution in [2.75, 3.05) is 5.32 Å². The average Bonchev–Trinajstić information content (AvgIpc) is 2.64. The third kappa shape index (κ3) is 7.36. The Hall–Kier alpha value is -2.93. The van der Waals surface area contributed by atoms with E-state index >= 15 is 0 Å². The first kappa shape index (κ1) is 21.4. The van der Waals surface area contributed by atoms with Crippen molar-refractivity contribution in [3.05, 3.63) is 60.4 Å². The van der Waals surface area contributed by atoms with Gasteiger partial charge in [0.05, 0.1) is 24.6 Å². The lowest BCUT2D eigenvalue weighted by atomic mass is 10.1. The van der Waals surface area contributed by atoms with Crippen LogP contribution < -0.4 is 10.6 Å². The van der Waals surface area contributed by atoms with Crippen LogP contribution in [0, 0.1) is 0 Å². The number of benzene rings is 1. The number of carbonyl (C=O) groups is 2. The number of hydrogen-bond donors (Lipinski definition) is 2. The molecule has 0 bridgehead atoms. The Kier molecular flexibility index (Phi) is 7.52. The normalized spacial score (nSPS) is 13.3. The van der Waals surface area contributed by atoms with Gasteiger partial charge in [-0.3, -0.25) is 9.78 Å². The van der Waals surface area contributed by atoms with Gasteiger partial charge in [0.2, 0.25) is 5.91 Å². The molecule has 2 amide bonds. The van der Waals surface area contributed by atoms with Crippen molar-refractivity contribution in [1.82, 2.24) is 10.3 Å². The summed E-state index contributed by atoms with van der Waals surface area (Å²) in [6.07, 6.45) is 1.86. The molecular weight excluding hydrogens is 358 g/mol. The summed E-state index contributed by atoms with van der Waals surface area (Å²) < 4.78 is 11.1. The van der Waals surface area contributed by atoms with Gasteiger partial charge in [-0.1, -0.05) is 30.3 Å². The fourth-order valence-corrected chi connectivity index (χ4v) is 2.39. The van der Waals surface area contributed by atoms with Crippen molar-refractivity contribution in [3.63, 3.8) is 0 Å². The lowest BCUT2D eigenvalue weighted by Crippen LogP contribution is -2.52. The van der Waals surface area contributed by atoms with Crippen LogP contribution in [0.5, 0.6) is 0 Å². The Morgan fingerprint density at radius 1 is 1.11 bits per heavy atom. The Balaban J connectivity index is 2.07. The molecule has 0 radical (unpaired) electrons. The Morgan fingerprint density at radius 3 is 2.43 bits per heavy atom. The van der Waals surface area contributed by atoms with Crippen LogP contribution in [-0.4, -0.2) is 34.7 Å². The van der Waals surface area contributed by atoms with E-state index in [-0.39, 0.29) is 0 Å². The second-order valence-electron chi connectivity index (χ2n) is 7.36. The van der Waals surface area contributed by atoms with E-state index < -0.39 is 29.7 Å². The number of carbonyl (C=O) groups excluding carboxylic acids is 2. The van der Waals surface area contributed by atoms with Gasteiger partial charge in [-0.25, -0.2) is 4.79 Å². The Labute approximate surface area is 165 Å². The molecule has 2 N–H and O–H groups in total. The number of nitrogens with one attached hydrogen (secondary N) is 2. The highest BCUT2D eigenvalue weighted by atomic mass is 16.6. The molecular formula is C21H27N3O4. The highest BCUT2D eigenvalue weighted by Crippen LogP contribution is 2.12. The van der Waals surface area contributed by atoms with Crippen LogP contribution in [0.1, 0.15) is 33.3 Å². The number of amides is 2. The lowest BCUT2D eigenvalue weighted by molar-refractivity contribution is -0.122. The summed E-state index contributed by atoms with van der Waals surface area (Å²) in [5, 5.41) is 5.35. The number of pyridine rings is 1. The SMILES string of the molecule is C[C@H](OCc1ccccc1)[C@@H](NC(=O)OC(C)(C)C)C(=O)Nc1cccnc1. The number of ether oxygens (including phenoxy) is 2. The molecule has 2 atom stereocenters. The van der Waals surface area contributed by atoms with Crippen molar-refractivity contribution in [2.45, 2.75) is 52.0 Å². The van der Waals surface area contributed by atoms with E-state index in [1.165, 1.54) is 6.20 Å². The number of hydrogen-bond acceptors (Lipinski definition) is 5. The van der Waals surface area contributed by atoms with Gasteiger partial charge in [0, 0.05) is 6.20 Å². The smallest absolute Gasteiger partial charge is 0.408 e. The maximum Gasteiger partial charge on any atom is 0.408 e. The van der Waals surface area contributed by atoms with Crippen LogP contribution in [0.2, 0.25) is 0 Å². The molecule has 0 saturated heterocycles. The molecule has 28 heavy (non-hydrogen) atoms. The maximum absolute atomic E-state index is 12.8. The van der Waals surface area contributed by atoms with E-state index in [2.05, 4.69) is 15.6 Å². The van der Waals surface area contributed by atoms with Crippen LogP contribution in [-0.2, 0) is 20.9 Å². The predicted molar refractivity (Wildman–Crippen MR) is 107 cm³/mol. The molecule has 2 aromatic rings. The third-order valence-corrected chi connectivity index (χ3v) is 3.71. The molecule has 0 aliphatic carbocycles. The summed E-state index contributed by atoms with van der Waals surface area (Å²) in [6, 6.07) is 12.1. The molecule has 150 valence electrons. The van der Waals surface area contributed by atoms with E-state index in [9.17, 15) is 9.59 Å². The first-order chi connectivity index (χ1) is 13.2.